The van der Waals surface area contributed by atoms with Crippen molar-refractivity contribution in [1.82, 2.24) is 15.6 Å². The molecule has 0 radical (unpaired) electrons. The topological polar surface area (TPSA) is 46.2 Å². The lowest BCUT2D eigenvalue weighted by Crippen LogP contribution is -2.23. The third-order valence-corrected chi connectivity index (χ3v) is 2.95. The third-order valence-electron chi connectivity index (χ3n) is 2.95. The van der Waals surface area contributed by atoms with E-state index < -0.39 is 0 Å². The summed E-state index contributed by atoms with van der Waals surface area (Å²) in [6.07, 6.45) is 7.45. The molecule has 4 heteroatoms. The minimum Gasteiger partial charge on any atom is -0.495 e. The normalized spacial score (nSPS) is 14.9. The average molecular weight is 235 g/mol. The Labute approximate surface area is 103 Å². The van der Waals surface area contributed by atoms with Crippen molar-refractivity contribution < 1.29 is 4.74 Å². The Bertz CT molecular complexity index is 339. The van der Waals surface area contributed by atoms with Crippen LogP contribution in [0.5, 0.6) is 5.75 Å². The smallest absolute Gasteiger partial charge is 0.141 e. The van der Waals surface area contributed by atoms with E-state index >= 15 is 0 Å². The first kappa shape index (κ1) is 12.3. The van der Waals surface area contributed by atoms with E-state index in [9.17, 15) is 0 Å². The van der Waals surface area contributed by atoms with Gasteiger partial charge in [-0.3, -0.25) is 4.98 Å². The lowest BCUT2D eigenvalue weighted by molar-refractivity contribution is 0.405. The molecule has 0 bridgehead atoms. The molecule has 2 rings (SSSR count). The summed E-state index contributed by atoms with van der Waals surface area (Å²) in [4.78, 5) is 4.04. The summed E-state index contributed by atoms with van der Waals surface area (Å²) in [5.41, 5.74) is 1.16. The molecule has 0 aliphatic heterocycles. The summed E-state index contributed by atoms with van der Waals surface area (Å²) < 4.78 is 5.25. The molecule has 1 aromatic heterocycles. The highest BCUT2D eigenvalue weighted by Gasteiger charge is 2.19. The monoisotopic (exact) mass is 235 g/mol. The van der Waals surface area contributed by atoms with Gasteiger partial charge in [-0.05, 0) is 38.4 Å². The molecule has 1 aliphatic rings. The summed E-state index contributed by atoms with van der Waals surface area (Å²) in [6, 6.07) is 2.81. The largest absolute Gasteiger partial charge is 0.495 e. The molecule has 0 saturated heterocycles. The van der Waals surface area contributed by atoms with E-state index in [1.165, 1.54) is 19.3 Å². The van der Waals surface area contributed by atoms with E-state index in [0.717, 1.165) is 37.0 Å². The Morgan fingerprint density at radius 3 is 3.06 bits per heavy atom. The molecule has 17 heavy (non-hydrogen) atoms. The van der Waals surface area contributed by atoms with Crippen LogP contribution in [0.25, 0.3) is 0 Å². The molecule has 0 unspecified atom stereocenters. The SMILES string of the molecule is COc1cnccc1CNCCCNC1CC1. The minimum atomic E-state index is 0.815. The Morgan fingerprint density at radius 1 is 1.41 bits per heavy atom. The number of aromatic nitrogens is 1. The zero-order valence-corrected chi connectivity index (χ0v) is 10.4. The van der Waals surface area contributed by atoms with Crippen molar-refractivity contribution in [2.75, 3.05) is 20.2 Å². The van der Waals surface area contributed by atoms with E-state index in [0.29, 0.717) is 0 Å². The number of nitrogens with one attached hydrogen (secondary N) is 2. The number of hydrogen-bond donors (Lipinski definition) is 2. The molecule has 4 nitrogen and oxygen atoms in total. The molecule has 1 aromatic rings. The molecule has 1 aliphatic carbocycles. The highest BCUT2D eigenvalue weighted by atomic mass is 16.5. The fourth-order valence-corrected chi connectivity index (χ4v) is 1.77. The van der Waals surface area contributed by atoms with Crippen molar-refractivity contribution >= 4 is 0 Å². The van der Waals surface area contributed by atoms with Crippen LogP contribution in [0, 0.1) is 0 Å². The zero-order chi connectivity index (χ0) is 11.9. The third kappa shape index (κ3) is 4.32. The second kappa shape index (κ2) is 6.57. The van der Waals surface area contributed by atoms with Gasteiger partial charge in [0.25, 0.3) is 0 Å². The maximum absolute atomic E-state index is 5.25. The number of methoxy groups -OCH3 is 1. The van der Waals surface area contributed by atoms with Gasteiger partial charge < -0.3 is 15.4 Å². The summed E-state index contributed by atoms with van der Waals surface area (Å²) in [6.45, 7) is 2.99. The van der Waals surface area contributed by atoms with Gasteiger partial charge in [-0.1, -0.05) is 0 Å². The number of pyridine rings is 1. The second-order valence-electron chi connectivity index (χ2n) is 4.45. The van der Waals surface area contributed by atoms with E-state index in [1.807, 2.05) is 6.07 Å². The maximum Gasteiger partial charge on any atom is 0.141 e. The Hall–Kier alpha value is -1.13. The molecule has 0 spiro atoms. The highest BCUT2D eigenvalue weighted by molar-refractivity contribution is 5.29. The molecule has 0 aromatic carbocycles. The Morgan fingerprint density at radius 2 is 2.29 bits per heavy atom. The van der Waals surface area contributed by atoms with Crippen LogP contribution < -0.4 is 15.4 Å². The second-order valence-corrected chi connectivity index (χ2v) is 4.45. The van der Waals surface area contributed by atoms with Crippen molar-refractivity contribution in [2.24, 2.45) is 0 Å². The molecule has 94 valence electrons. The first-order valence-electron chi connectivity index (χ1n) is 6.31. The van der Waals surface area contributed by atoms with Crippen LogP contribution in [0.15, 0.2) is 18.5 Å². The Balaban J connectivity index is 1.59. The van der Waals surface area contributed by atoms with E-state index in [-0.39, 0.29) is 0 Å². The van der Waals surface area contributed by atoms with Gasteiger partial charge in [-0.2, -0.15) is 0 Å². The molecule has 1 heterocycles. The van der Waals surface area contributed by atoms with Crippen molar-refractivity contribution in [3.63, 3.8) is 0 Å². The fraction of sp³-hybridized carbons (Fsp3) is 0.615. The summed E-state index contributed by atoms with van der Waals surface area (Å²) in [5.74, 6) is 0.858. The molecule has 0 atom stereocenters. The zero-order valence-electron chi connectivity index (χ0n) is 10.4. The first-order valence-corrected chi connectivity index (χ1v) is 6.31. The summed E-state index contributed by atoms with van der Waals surface area (Å²) in [7, 11) is 1.68. The van der Waals surface area contributed by atoms with Crippen molar-refractivity contribution in [3.05, 3.63) is 24.0 Å². The van der Waals surface area contributed by atoms with Gasteiger partial charge in [0.2, 0.25) is 0 Å². The minimum absolute atomic E-state index is 0.815. The van der Waals surface area contributed by atoms with Gasteiger partial charge >= 0.3 is 0 Å². The molecule has 1 fully saturated rings. The fourth-order valence-electron chi connectivity index (χ4n) is 1.77. The van der Waals surface area contributed by atoms with Crippen LogP contribution >= 0.6 is 0 Å². The summed E-state index contributed by atoms with van der Waals surface area (Å²) >= 11 is 0. The lowest BCUT2D eigenvalue weighted by Gasteiger charge is -2.09. The molecular formula is C13H21N3O. The van der Waals surface area contributed by atoms with Crippen LogP contribution in [0.4, 0.5) is 0 Å². The maximum atomic E-state index is 5.25. The first-order chi connectivity index (χ1) is 8.40. The molecule has 0 amide bonds. The van der Waals surface area contributed by atoms with Gasteiger partial charge in [0.05, 0.1) is 13.3 Å². The van der Waals surface area contributed by atoms with Crippen LogP contribution in [-0.2, 0) is 6.54 Å². The van der Waals surface area contributed by atoms with E-state index in [1.54, 1.807) is 19.5 Å². The van der Waals surface area contributed by atoms with Crippen molar-refractivity contribution in [1.29, 1.82) is 0 Å². The van der Waals surface area contributed by atoms with Crippen LogP contribution in [0.2, 0.25) is 0 Å². The van der Waals surface area contributed by atoms with Gasteiger partial charge in [0, 0.05) is 24.3 Å². The highest BCUT2D eigenvalue weighted by Crippen LogP contribution is 2.18. The van der Waals surface area contributed by atoms with Crippen LogP contribution in [-0.4, -0.2) is 31.2 Å². The molecule has 1 saturated carbocycles. The van der Waals surface area contributed by atoms with E-state index in [4.69, 9.17) is 4.74 Å². The number of ether oxygens (including phenoxy) is 1. The average Bonchev–Trinajstić information content (AvgIpc) is 3.18. The van der Waals surface area contributed by atoms with E-state index in [2.05, 4.69) is 15.6 Å². The predicted octanol–water partition coefficient (Wildman–Crippen LogP) is 1.32. The number of nitrogens with zero attached hydrogens (tertiary/aromatic N) is 1. The number of hydrogen-bond acceptors (Lipinski definition) is 4. The van der Waals surface area contributed by atoms with Gasteiger partial charge in [0.1, 0.15) is 5.75 Å². The lowest BCUT2D eigenvalue weighted by atomic mass is 10.2. The van der Waals surface area contributed by atoms with Crippen LogP contribution in [0.1, 0.15) is 24.8 Å². The molecular weight excluding hydrogens is 214 g/mol. The van der Waals surface area contributed by atoms with Crippen molar-refractivity contribution in [2.45, 2.75) is 31.8 Å². The van der Waals surface area contributed by atoms with Gasteiger partial charge in [-0.25, -0.2) is 0 Å². The standard InChI is InChI=1S/C13H21N3O/c1-17-13-10-15-8-5-11(13)9-14-6-2-7-16-12-3-4-12/h5,8,10,12,14,16H,2-4,6-7,9H2,1H3. The quantitative estimate of drug-likeness (QED) is 0.667. The van der Waals surface area contributed by atoms with Crippen LogP contribution in [0.3, 0.4) is 0 Å². The van der Waals surface area contributed by atoms with Gasteiger partial charge in [-0.15, -0.1) is 0 Å². The Kier molecular flexibility index (Phi) is 4.76. The molecule has 2 N–H and O–H groups in total. The van der Waals surface area contributed by atoms with Gasteiger partial charge in [0.15, 0.2) is 0 Å². The van der Waals surface area contributed by atoms with Crippen molar-refractivity contribution in [3.8, 4) is 5.75 Å². The predicted molar refractivity (Wildman–Crippen MR) is 68.1 cm³/mol. The number of rotatable bonds is 8. The summed E-state index contributed by atoms with van der Waals surface area (Å²) in [5, 5.41) is 6.93.